The molecular formula is C86H59N5. The van der Waals surface area contributed by atoms with Gasteiger partial charge in [0.2, 0.25) is 0 Å². The number of para-hydroxylation sites is 3. The first kappa shape index (κ1) is 51.6. The molecule has 0 N–H and O–H groups in total. The van der Waals surface area contributed by atoms with Crippen LogP contribution in [0.3, 0.4) is 0 Å². The fraction of sp³-hybridized carbons (Fsp3) is 0.0698. The number of rotatable bonds is 7. The molecule has 0 radical (unpaired) electrons. The van der Waals surface area contributed by atoms with Crippen LogP contribution in [0.1, 0.15) is 49.9 Å². The van der Waals surface area contributed by atoms with E-state index in [0.29, 0.717) is 5.82 Å². The lowest BCUT2D eigenvalue weighted by Gasteiger charge is -2.22. The molecule has 0 bridgehead atoms. The van der Waals surface area contributed by atoms with Crippen LogP contribution in [0.5, 0.6) is 0 Å². The summed E-state index contributed by atoms with van der Waals surface area (Å²) in [7, 11) is 0. The highest BCUT2D eigenvalue weighted by Gasteiger charge is 2.37. The molecule has 5 heteroatoms. The van der Waals surface area contributed by atoms with Gasteiger partial charge < -0.3 is 13.7 Å². The van der Waals surface area contributed by atoms with Crippen molar-refractivity contribution in [2.24, 2.45) is 0 Å². The maximum Gasteiger partial charge on any atom is 0.160 e. The molecule has 0 spiro atoms. The Balaban J connectivity index is 0.763. The Labute approximate surface area is 527 Å². The Morgan fingerprint density at radius 1 is 0.242 bits per heavy atom. The predicted octanol–water partition coefficient (Wildman–Crippen LogP) is 22.2. The van der Waals surface area contributed by atoms with E-state index in [2.05, 4.69) is 308 Å². The third-order valence-corrected chi connectivity index (χ3v) is 20.5. The summed E-state index contributed by atoms with van der Waals surface area (Å²) in [5.74, 6) is 0.715. The second-order valence-corrected chi connectivity index (χ2v) is 26.1. The zero-order valence-electron chi connectivity index (χ0n) is 50.9. The molecule has 0 amide bonds. The van der Waals surface area contributed by atoms with Crippen molar-refractivity contribution in [1.82, 2.24) is 23.7 Å². The minimum atomic E-state index is -0.106. The number of nitrogens with zero attached hydrogens (tertiary/aromatic N) is 5. The summed E-state index contributed by atoms with van der Waals surface area (Å²) in [6, 6.07) is 106. The van der Waals surface area contributed by atoms with Crippen LogP contribution in [0, 0.1) is 0 Å². The molecule has 5 nitrogen and oxygen atoms in total. The average Bonchev–Trinajstić information content (AvgIpc) is 1.60. The van der Waals surface area contributed by atoms with Crippen LogP contribution in [0.4, 0.5) is 0 Å². The van der Waals surface area contributed by atoms with Gasteiger partial charge in [0.05, 0.1) is 44.3 Å². The lowest BCUT2D eigenvalue weighted by molar-refractivity contribution is 0.660. The molecule has 428 valence electrons. The van der Waals surface area contributed by atoms with Crippen molar-refractivity contribution in [3.63, 3.8) is 0 Å². The summed E-state index contributed by atoms with van der Waals surface area (Å²) in [6.45, 7) is 9.46. The Bertz CT molecular complexity index is 5670. The molecule has 19 rings (SSSR count). The molecule has 0 atom stereocenters. The highest BCUT2D eigenvalue weighted by Crippen LogP contribution is 2.52. The first-order valence-corrected chi connectivity index (χ1v) is 31.7. The minimum Gasteiger partial charge on any atom is -0.309 e. The van der Waals surface area contributed by atoms with Gasteiger partial charge in [-0.25, -0.2) is 9.97 Å². The van der Waals surface area contributed by atoms with Crippen LogP contribution in [0.15, 0.2) is 285 Å². The van der Waals surface area contributed by atoms with Crippen LogP contribution in [-0.2, 0) is 10.8 Å². The van der Waals surface area contributed by atoms with Gasteiger partial charge in [0.1, 0.15) is 0 Å². The van der Waals surface area contributed by atoms with Crippen LogP contribution in [-0.4, -0.2) is 23.7 Å². The maximum atomic E-state index is 5.24. The molecule has 4 aromatic heterocycles. The SMILES string of the molecule is CC1(C)c2ccccc2-c2ccc(-n3c4ccccc4c4cc(-c5ccc6c(c5)c5cc(-c7ccc8c(c7)c7ccccc7n8-c7ccc8c(c7)C(C)(C)c7ccccc7-8)ccc5n6-c5ccc(-c6nc(-c7ccccc7)nc7ccccc67)cc5)ccc43)cc21. The van der Waals surface area contributed by atoms with Crippen LogP contribution >= 0.6 is 0 Å². The minimum absolute atomic E-state index is 0.106. The molecule has 0 aliphatic heterocycles. The van der Waals surface area contributed by atoms with Crippen molar-refractivity contribution in [3.05, 3.63) is 307 Å². The molecule has 0 saturated carbocycles. The molecule has 0 fully saturated rings. The molecule has 13 aromatic carbocycles. The van der Waals surface area contributed by atoms with E-state index < -0.39 is 0 Å². The van der Waals surface area contributed by atoms with Gasteiger partial charge in [-0.3, -0.25) is 0 Å². The van der Waals surface area contributed by atoms with Crippen LogP contribution in [0.2, 0.25) is 0 Å². The van der Waals surface area contributed by atoms with Gasteiger partial charge in [-0.05, 0) is 170 Å². The number of hydrogen-bond donors (Lipinski definition) is 0. The quantitative estimate of drug-likeness (QED) is 0.160. The number of benzene rings is 13. The highest BCUT2D eigenvalue weighted by molar-refractivity contribution is 6.15. The molecular weight excluding hydrogens is 1100 g/mol. The van der Waals surface area contributed by atoms with Crippen molar-refractivity contribution in [2.45, 2.75) is 38.5 Å². The molecule has 4 heterocycles. The number of aromatic nitrogens is 5. The third-order valence-electron chi connectivity index (χ3n) is 20.5. The highest BCUT2D eigenvalue weighted by atomic mass is 15.0. The van der Waals surface area contributed by atoms with Crippen molar-refractivity contribution in [3.8, 4) is 84.2 Å². The predicted molar refractivity (Wildman–Crippen MR) is 379 cm³/mol. The van der Waals surface area contributed by atoms with Crippen LogP contribution in [0.25, 0.3) is 161 Å². The first-order chi connectivity index (χ1) is 44.6. The van der Waals surface area contributed by atoms with E-state index in [1.165, 1.54) is 133 Å². The second-order valence-electron chi connectivity index (χ2n) is 26.1. The van der Waals surface area contributed by atoms with E-state index in [1.54, 1.807) is 0 Å². The largest absolute Gasteiger partial charge is 0.309 e. The van der Waals surface area contributed by atoms with Crippen molar-refractivity contribution >= 4 is 76.3 Å². The van der Waals surface area contributed by atoms with Crippen molar-refractivity contribution in [1.29, 1.82) is 0 Å². The van der Waals surface area contributed by atoms with Gasteiger partial charge in [0.25, 0.3) is 0 Å². The van der Waals surface area contributed by atoms with Gasteiger partial charge in [-0.15, -0.1) is 0 Å². The van der Waals surface area contributed by atoms with Gasteiger partial charge in [-0.1, -0.05) is 210 Å². The van der Waals surface area contributed by atoms with E-state index in [1.807, 2.05) is 18.2 Å². The summed E-state index contributed by atoms with van der Waals surface area (Å²) in [6.07, 6.45) is 0. The molecule has 2 aliphatic rings. The number of fused-ring (bicyclic) bond motifs is 16. The summed E-state index contributed by atoms with van der Waals surface area (Å²) in [4.78, 5) is 10.3. The van der Waals surface area contributed by atoms with Crippen LogP contribution < -0.4 is 0 Å². The van der Waals surface area contributed by atoms with Crippen molar-refractivity contribution < 1.29 is 0 Å². The van der Waals surface area contributed by atoms with E-state index >= 15 is 0 Å². The first-order valence-electron chi connectivity index (χ1n) is 31.7. The van der Waals surface area contributed by atoms with E-state index in [-0.39, 0.29) is 10.8 Å². The molecule has 91 heavy (non-hydrogen) atoms. The summed E-state index contributed by atoms with van der Waals surface area (Å²) in [5, 5.41) is 8.34. The fourth-order valence-electron chi connectivity index (χ4n) is 16.0. The topological polar surface area (TPSA) is 40.6 Å². The lowest BCUT2D eigenvalue weighted by atomic mass is 9.82. The smallest absolute Gasteiger partial charge is 0.160 e. The zero-order valence-corrected chi connectivity index (χ0v) is 50.9. The van der Waals surface area contributed by atoms with Gasteiger partial charge in [-0.2, -0.15) is 0 Å². The van der Waals surface area contributed by atoms with Crippen molar-refractivity contribution in [2.75, 3.05) is 0 Å². The Hall–Kier alpha value is -11.4. The van der Waals surface area contributed by atoms with Gasteiger partial charge in [0.15, 0.2) is 5.82 Å². The molecule has 0 saturated heterocycles. The van der Waals surface area contributed by atoms with E-state index in [4.69, 9.17) is 9.97 Å². The van der Waals surface area contributed by atoms with E-state index in [9.17, 15) is 0 Å². The third kappa shape index (κ3) is 7.52. The van der Waals surface area contributed by atoms with E-state index in [0.717, 1.165) is 44.4 Å². The average molecular weight is 1160 g/mol. The summed E-state index contributed by atoms with van der Waals surface area (Å²) >= 11 is 0. The van der Waals surface area contributed by atoms with Gasteiger partial charge >= 0.3 is 0 Å². The Morgan fingerprint density at radius 3 is 1.10 bits per heavy atom. The standard InChI is InChI=1S/C86H59N5/c1-85(2)72-25-13-8-20-61(72)63-40-38-59(50-74(63)85)90-77-28-16-11-22-65(77)68-46-54(32-42-79(68)90)56-34-44-81-70(48-56)71-49-57(35-45-82(71)89(81)58-36-30-52(31-37-58)83-67-24-10-15-27-76(67)87-84(88-83)53-18-6-5-7-19-53)55-33-43-80-69(47-55)66-23-12-17-29-78(66)91(80)60-39-41-64-62-21-9-14-26-73(62)86(3,4)75(64)51-60/h5-51H,1-4H3. The Kier molecular flexibility index (Phi) is 10.8. The Morgan fingerprint density at radius 2 is 0.604 bits per heavy atom. The lowest BCUT2D eigenvalue weighted by Crippen LogP contribution is -2.15. The molecule has 17 aromatic rings. The normalized spacial score (nSPS) is 13.7. The maximum absolute atomic E-state index is 5.24. The number of hydrogen-bond acceptors (Lipinski definition) is 2. The molecule has 0 unspecified atom stereocenters. The second kappa shape index (κ2) is 19.1. The summed E-state index contributed by atoms with van der Waals surface area (Å²) < 4.78 is 7.37. The fourth-order valence-corrected chi connectivity index (χ4v) is 16.0. The molecule has 2 aliphatic carbocycles. The monoisotopic (exact) mass is 1160 g/mol. The summed E-state index contributed by atoms with van der Waals surface area (Å²) in [5.41, 5.74) is 29.7. The van der Waals surface area contributed by atoms with Gasteiger partial charge in [0, 0.05) is 76.7 Å². The zero-order chi connectivity index (χ0) is 60.4.